The van der Waals surface area contributed by atoms with Gasteiger partial charge in [0, 0.05) is 29.8 Å². The SMILES string of the molecule is Brc1ccc(-c2ccc(-c3ccc(Br)s3)c3nsnc23)s1.Fc1ccc(/C=C/c2cc(Br)c(/C=C/c3ccc(F)cc3)cc2Br)cc1. The first-order chi connectivity index (χ1) is 22.7. The minimum absolute atomic E-state index is 0.247. The van der Waals surface area contributed by atoms with Crippen LogP contribution in [-0.2, 0) is 0 Å². The Morgan fingerprint density at radius 1 is 0.489 bits per heavy atom. The first kappa shape index (κ1) is 34.2. The van der Waals surface area contributed by atoms with Gasteiger partial charge < -0.3 is 0 Å². The quantitative estimate of drug-likeness (QED) is 0.155. The molecule has 0 aliphatic carbocycles. The van der Waals surface area contributed by atoms with Crippen molar-refractivity contribution in [2.45, 2.75) is 0 Å². The minimum Gasteiger partial charge on any atom is -0.207 e. The van der Waals surface area contributed by atoms with Crippen molar-refractivity contribution < 1.29 is 8.78 Å². The van der Waals surface area contributed by atoms with Crippen molar-refractivity contribution in [2.75, 3.05) is 0 Å². The molecule has 47 heavy (non-hydrogen) atoms. The van der Waals surface area contributed by atoms with Gasteiger partial charge in [0.15, 0.2) is 0 Å². The average molecular weight is 934 g/mol. The van der Waals surface area contributed by atoms with Gasteiger partial charge in [-0.15, -0.1) is 22.7 Å². The summed E-state index contributed by atoms with van der Waals surface area (Å²) in [7, 11) is 0. The van der Waals surface area contributed by atoms with Gasteiger partial charge in [-0.25, -0.2) is 8.78 Å². The zero-order valence-corrected chi connectivity index (χ0v) is 32.7. The van der Waals surface area contributed by atoms with E-state index in [1.54, 1.807) is 46.9 Å². The lowest BCUT2D eigenvalue weighted by atomic mass is 10.1. The summed E-state index contributed by atoms with van der Waals surface area (Å²) in [5.41, 5.74) is 8.11. The smallest absolute Gasteiger partial charge is 0.123 e. The maximum absolute atomic E-state index is 13.0. The fourth-order valence-electron chi connectivity index (χ4n) is 4.54. The third kappa shape index (κ3) is 8.70. The number of thiophene rings is 2. The molecule has 0 aliphatic rings. The van der Waals surface area contributed by atoms with Crippen LogP contribution in [0.15, 0.2) is 114 Å². The molecule has 0 spiro atoms. The van der Waals surface area contributed by atoms with Crippen LogP contribution in [0.3, 0.4) is 0 Å². The lowest BCUT2D eigenvalue weighted by Gasteiger charge is -2.05. The van der Waals surface area contributed by atoms with E-state index < -0.39 is 0 Å². The molecule has 234 valence electrons. The molecular formula is C36H20Br4F2N2S3. The average Bonchev–Trinajstić information content (AvgIpc) is 3.84. The van der Waals surface area contributed by atoms with Crippen LogP contribution in [0.4, 0.5) is 8.78 Å². The third-order valence-corrected chi connectivity index (χ3v) is 12.1. The zero-order valence-electron chi connectivity index (χ0n) is 23.9. The van der Waals surface area contributed by atoms with Crippen molar-refractivity contribution in [2.24, 2.45) is 0 Å². The normalized spacial score (nSPS) is 11.4. The molecule has 3 aromatic heterocycles. The summed E-state index contributed by atoms with van der Waals surface area (Å²) in [5.74, 6) is -0.494. The number of hydrogen-bond donors (Lipinski definition) is 0. The van der Waals surface area contributed by atoms with E-state index in [2.05, 4.69) is 109 Å². The van der Waals surface area contributed by atoms with E-state index in [1.165, 1.54) is 45.7 Å². The van der Waals surface area contributed by atoms with Crippen LogP contribution in [0.25, 0.3) is 56.2 Å². The topological polar surface area (TPSA) is 25.8 Å². The molecule has 0 aliphatic heterocycles. The number of benzene rings is 4. The van der Waals surface area contributed by atoms with Gasteiger partial charge in [0.05, 0.1) is 19.3 Å². The number of hydrogen-bond acceptors (Lipinski definition) is 5. The number of nitrogens with zero attached hydrogens (tertiary/aromatic N) is 2. The second-order valence-corrected chi connectivity index (χ2v) is 17.2. The van der Waals surface area contributed by atoms with Crippen LogP contribution in [0.2, 0.25) is 0 Å². The molecule has 0 bridgehead atoms. The molecule has 7 aromatic rings. The lowest BCUT2D eigenvalue weighted by Crippen LogP contribution is -1.83. The fourth-order valence-corrected chi connectivity index (χ4v) is 8.92. The highest BCUT2D eigenvalue weighted by Gasteiger charge is 2.15. The van der Waals surface area contributed by atoms with Crippen LogP contribution in [0.5, 0.6) is 0 Å². The molecule has 2 nitrogen and oxygen atoms in total. The van der Waals surface area contributed by atoms with Crippen molar-refractivity contribution in [3.05, 3.63) is 147 Å². The van der Waals surface area contributed by atoms with Crippen LogP contribution in [0, 0.1) is 11.6 Å². The summed E-state index contributed by atoms with van der Waals surface area (Å²) in [6, 6.07) is 29.3. The van der Waals surface area contributed by atoms with E-state index in [4.69, 9.17) is 0 Å². The second-order valence-electron chi connectivity index (χ2n) is 9.99. The van der Waals surface area contributed by atoms with Crippen molar-refractivity contribution in [1.29, 1.82) is 0 Å². The van der Waals surface area contributed by atoms with Gasteiger partial charge in [-0.3, -0.25) is 0 Å². The molecule has 0 unspecified atom stereocenters. The predicted molar refractivity (Wildman–Crippen MR) is 212 cm³/mol. The number of aromatic nitrogens is 2. The highest BCUT2D eigenvalue weighted by Crippen LogP contribution is 2.40. The Hall–Kier alpha value is -2.64. The molecule has 3 heterocycles. The van der Waals surface area contributed by atoms with E-state index in [0.29, 0.717) is 0 Å². The molecule has 0 saturated carbocycles. The van der Waals surface area contributed by atoms with Crippen molar-refractivity contribution in [3.63, 3.8) is 0 Å². The van der Waals surface area contributed by atoms with E-state index >= 15 is 0 Å². The minimum atomic E-state index is -0.247. The predicted octanol–water partition coefficient (Wildman–Crippen LogP) is 14.5. The van der Waals surface area contributed by atoms with Gasteiger partial charge >= 0.3 is 0 Å². The maximum atomic E-state index is 13.0. The molecule has 4 aromatic carbocycles. The Labute approximate surface area is 316 Å². The Kier molecular flexibility index (Phi) is 11.4. The molecule has 0 N–H and O–H groups in total. The number of halogens is 6. The van der Waals surface area contributed by atoms with Crippen LogP contribution >= 0.6 is 98.1 Å². The molecule has 0 radical (unpaired) electrons. The van der Waals surface area contributed by atoms with Crippen molar-refractivity contribution >= 4 is 133 Å². The molecular weight excluding hydrogens is 914 g/mol. The maximum Gasteiger partial charge on any atom is 0.123 e. The molecule has 0 atom stereocenters. The van der Waals surface area contributed by atoms with E-state index in [9.17, 15) is 8.78 Å². The van der Waals surface area contributed by atoms with Crippen molar-refractivity contribution in [3.8, 4) is 20.9 Å². The van der Waals surface area contributed by atoms with Gasteiger partial charge in [-0.05, 0) is 115 Å². The van der Waals surface area contributed by atoms with E-state index in [-0.39, 0.29) is 11.6 Å². The van der Waals surface area contributed by atoms with E-state index in [1.807, 2.05) is 36.4 Å². The summed E-state index contributed by atoms with van der Waals surface area (Å²) in [6.07, 6.45) is 7.80. The van der Waals surface area contributed by atoms with Gasteiger partial charge in [-0.2, -0.15) is 8.75 Å². The van der Waals surface area contributed by atoms with Gasteiger partial charge in [0.2, 0.25) is 0 Å². The summed E-state index contributed by atoms with van der Waals surface area (Å²) >= 11 is 18.9. The number of rotatable bonds is 6. The van der Waals surface area contributed by atoms with Gasteiger partial charge in [0.1, 0.15) is 22.7 Å². The summed E-state index contributed by atoms with van der Waals surface area (Å²) in [4.78, 5) is 2.41. The zero-order chi connectivity index (χ0) is 32.9. The molecule has 0 fully saturated rings. The molecule has 11 heteroatoms. The second kappa shape index (κ2) is 15.7. The highest BCUT2D eigenvalue weighted by atomic mass is 79.9. The fraction of sp³-hybridized carbons (Fsp3) is 0. The summed E-state index contributed by atoms with van der Waals surface area (Å²) < 4.78 is 39.1. The van der Waals surface area contributed by atoms with Crippen molar-refractivity contribution in [1.82, 2.24) is 8.75 Å². The summed E-state index contributed by atoms with van der Waals surface area (Å²) in [5, 5.41) is 0. The lowest BCUT2D eigenvalue weighted by molar-refractivity contribution is 0.627. The summed E-state index contributed by atoms with van der Waals surface area (Å²) in [6.45, 7) is 0. The largest absolute Gasteiger partial charge is 0.207 e. The van der Waals surface area contributed by atoms with Crippen LogP contribution in [0.1, 0.15) is 22.3 Å². The monoisotopic (exact) mass is 930 g/mol. The van der Waals surface area contributed by atoms with Crippen LogP contribution < -0.4 is 0 Å². The Morgan fingerprint density at radius 2 is 0.894 bits per heavy atom. The van der Waals surface area contributed by atoms with Gasteiger partial charge in [-0.1, -0.05) is 92.6 Å². The molecule has 0 saturated heterocycles. The standard InChI is InChI=1S/C22H14Br2F2.C14H6Br2N2S3/c23-21-14-18(8-2-16-5-11-20(26)12-6-16)22(24)13-17(21)7-1-15-3-9-19(25)10-4-15;15-11-5-3-9(19-11)7-1-2-8(10-4-6-12(16)20-10)14-13(7)17-21-18-14/h1-14H;1-6H/b7-1+,8-2+;. The third-order valence-electron chi connectivity index (χ3n) is 6.86. The Bertz CT molecular complexity index is 2060. The first-order valence-corrected chi connectivity index (χ1v) is 19.4. The molecule has 7 rings (SSSR count). The Balaban J connectivity index is 0.000000168. The van der Waals surface area contributed by atoms with E-state index in [0.717, 1.165) is 60.9 Å². The number of fused-ring (bicyclic) bond motifs is 1. The molecule has 0 amide bonds. The Morgan fingerprint density at radius 3 is 1.26 bits per heavy atom. The van der Waals surface area contributed by atoms with Crippen LogP contribution in [-0.4, -0.2) is 8.75 Å². The first-order valence-electron chi connectivity index (χ1n) is 13.9. The van der Waals surface area contributed by atoms with Gasteiger partial charge in [0.25, 0.3) is 0 Å². The highest BCUT2D eigenvalue weighted by molar-refractivity contribution is 9.11.